The largest absolute Gasteiger partial charge is 0.472 e. The highest BCUT2D eigenvalue weighted by atomic mass is 31.2. The van der Waals surface area contributed by atoms with E-state index in [1.54, 1.807) is 0 Å². The number of carbonyl (C=O) groups is 1. The van der Waals surface area contributed by atoms with Crippen molar-refractivity contribution >= 4 is 13.7 Å². The molecule has 0 aliphatic heterocycles. The highest BCUT2D eigenvalue weighted by Crippen LogP contribution is 2.43. The van der Waals surface area contributed by atoms with Crippen molar-refractivity contribution in [2.24, 2.45) is 0 Å². The van der Waals surface area contributed by atoms with Crippen LogP contribution >= 0.6 is 7.82 Å². The molecule has 0 aromatic carbocycles. The average Bonchev–Trinajstić information content (AvgIpc) is 2.94. The molecule has 1 unspecified atom stereocenters. The highest BCUT2D eigenvalue weighted by molar-refractivity contribution is 7.47. The molecule has 0 fully saturated rings. The second-order valence-corrected chi connectivity index (χ2v) is 14.7. The lowest BCUT2D eigenvalue weighted by Crippen LogP contribution is -2.46. The molecule has 0 saturated carbocycles. The molecule has 256 valence electrons. The number of amides is 1. The first kappa shape index (κ1) is 42.2. The van der Waals surface area contributed by atoms with E-state index >= 15 is 0 Å². The van der Waals surface area contributed by atoms with Crippen LogP contribution in [0.4, 0.5) is 0 Å². The van der Waals surface area contributed by atoms with Crippen LogP contribution in [0, 0.1) is 0 Å². The third kappa shape index (κ3) is 29.7. The molecule has 0 aliphatic carbocycles. The number of hydrogen-bond acceptors (Lipinski definition) is 5. The molecule has 3 atom stereocenters. The normalized spacial score (nSPS) is 15.0. The van der Waals surface area contributed by atoms with Gasteiger partial charge in [-0.25, -0.2) is 4.57 Å². The van der Waals surface area contributed by atoms with Crippen LogP contribution < -0.4 is 5.32 Å². The Hall–Kier alpha value is -0.760. The lowest BCUT2D eigenvalue weighted by Gasteiger charge is -2.26. The van der Waals surface area contributed by atoms with E-state index in [-0.39, 0.29) is 19.1 Å². The van der Waals surface area contributed by atoms with Gasteiger partial charge in [-0.1, -0.05) is 116 Å². The van der Waals surface area contributed by atoms with Crippen LogP contribution in [0.15, 0.2) is 12.2 Å². The van der Waals surface area contributed by atoms with E-state index < -0.39 is 20.0 Å². The Morgan fingerprint density at radius 2 is 1.26 bits per heavy atom. The molecule has 0 spiro atoms. The molecule has 43 heavy (non-hydrogen) atoms. The summed E-state index contributed by atoms with van der Waals surface area (Å²) in [6.07, 6.45) is 26.6. The maximum Gasteiger partial charge on any atom is 0.472 e. The van der Waals surface area contributed by atoms with Gasteiger partial charge < -0.3 is 19.8 Å². The highest BCUT2D eigenvalue weighted by Gasteiger charge is 2.28. The Labute approximate surface area is 265 Å². The van der Waals surface area contributed by atoms with Gasteiger partial charge in [0.05, 0.1) is 39.9 Å². The molecule has 0 aromatic heterocycles. The molecule has 3 N–H and O–H groups in total. The maximum absolute atomic E-state index is 12.7. The van der Waals surface area contributed by atoms with Crippen molar-refractivity contribution in [2.45, 2.75) is 161 Å². The number of rotatable bonds is 31. The van der Waals surface area contributed by atoms with E-state index in [0.717, 1.165) is 44.9 Å². The lowest BCUT2D eigenvalue weighted by molar-refractivity contribution is -0.870. The molecule has 0 saturated heterocycles. The number of likely N-dealkylation sites (N-methyl/N-ethyl adjacent to an activating group) is 1. The van der Waals surface area contributed by atoms with E-state index in [0.29, 0.717) is 23.9 Å². The van der Waals surface area contributed by atoms with Gasteiger partial charge in [-0.2, -0.15) is 0 Å². The number of carbonyl (C=O) groups excluding carboxylic acids is 1. The summed E-state index contributed by atoms with van der Waals surface area (Å²) >= 11 is 0. The fourth-order valence-electron chi connectivity index (χ4n) is 4.86. The Morgan fingerprint density at radius 3 is 1.79 bits per heavy atom. The summed E-state index contributed by atoms with van der Waals surface area (Å²) < 4.78 is 23.4. The number of phosphoric acid groups is 1. The third-order valence-electron chi connectivity index (χ3n) is 7.76. The molecule has 0 bridgehead atoms. The lowest BCUT2D eigenvalue weighted by atomic mass is 10.0. The predicted molar refractivity (Wildman–Crippen MR) is 180 cm³/mol. The van der Waals surface area contributed by atoms with E-state index in [9.17, 15) is 19.4 Å². The first-order valence-electron chi connectivity index (χ1n) is 17.6. The monoisotopic (exact) mass is 633 g/mol. The Bertz CT molecular complexity index is 728. The molecule has 8 nitrogen and oxygen atoms in total. The van der Waals surface area contributed by atoms with Crippen molar-refractivity contribution in [1.29, 1.82) is 0 Å². The molecule has 0 heterocycles. The van der Waals surface area contributed by atoms with Crippen molar-refractivity contribution in [2.75, 3.05) is 40.9 Å². The van der Waals surface area contributed by atoms with Crippen LogP contribution in [0.3, 0.4) is 0 Å². The Balaban J connectivity index is 4.57. The average molecular weight is 634 g/mol. The number of quaternary nitrogens is 1. The van der Waals surface area contributed by atoms with Gasteiger partial charge in [0, 0.05) is 6.42 Å². The zero-order chi connectivity index (χ0) is 32.2. The number of hydrogen-bond donors (Lipinski definition) is 3. The minimum absolute atomic E-state index is 0.0713. The predicted octanol–water partition coefficient (Wildman–Crippen LogP) is 8.46. The van der Waals surface area contributed by atoms with E-state index in [1.165, 1.54) is 77.0 Å². The van der Waals surface area contributed by atoms with Crippen molar-refractivity contribution in [3.8, 4) is 0 Å². The summed E-state index contributed by atoms with van der Waals surface area (Å²) in [4.78, 5) is 22.9. The number of aliphatic hydroxyl groups excluding tert-OH is 1. The zero-order valence-electron chi connectivity index (χ0n) is 28.7. The SMILES string of the molecule is CCCCCCC/C=C/CCCC[C@@H](O)[C@H](COP(=O)(O)OCC[N+](C)(C)C)NC(=O)CCCCCCCCCCCC. The number of aliphatic hydroxyl groups is 1. The van der Waals surface area contributed by atoms with Gasteiger partial charge in [0.1, 0.15) is 13.2 Å². The van der Waals surface area contributed by atoms with Crippen LogP contribution in [0.1, 0.15) is 149 Å². The van der Waals surface area contributed by atoms with Gasteiger partial charge in [-0.05, 0) is 38.5 Å². The Kier molecular flexibility index (Phi) is 27.1. The fourth-order valence-corrected chi connectivity index (χ4v) is 5.60. The van der Waals surface area contributed by atoms with Crippen LogP contribution in [0.25, 0.3) is 0 Å². The molecule has 0 aromatic rings. The summed E-state index contributed by atoms with van der Waals surface area (Å²) in [6, 6.07) is -0.767. The molecule has 0 radical (unpaired) electrons. The zero-order valence-corrected chi connectivity index (χ0v) is 29.6. The molecule has 9 heteroatoms. The summed E-state index contributed by atoms with van der Waals surface area (Å²) in [5, 5.41) is 13.8. The minimum Gasteiger partial charge on any atom is -0.391 e. The third-order valence-corrected chi connectivity index (χ3v) is 8.75. The summed E-state index contributed by atoms with van der Waals surface area (Å²) in [7, 11) is 1.60. The van der Waals surface area contributed by atoms with Crippen LogP contribution in [0.5, 0.6) is 0 Å². The smallest absolute Gasteiger partial charge is 0.391 e. The Morgan fingerprint density at radius 1 is 0.767 bits per heavy atom. The summed E-state index contributed by atoms with van der Waals surface area (Å²) in [6.45, 7) is 4.80. The molecule has 0 rings (SSSR count). The van der Waals surface area contributed by atoms with E-state index in [4.69, 9.17) is 9.05 Å². The van der Waals surface area contributed by atoms with Crippen molar-refractivity contribution < 1.29 is 32.9 Å². The molecule has 1 amide bonds. The van der Waals surface area contributed by atoms with Gasteiger partial charge in [0.2, 0.25) is 5.91 Å². The van der Waals surface area contributed by atoms with Gasteiger partial charge in [-0.15, -0.1) is 0 Å². The second-order valence-electron chi connectivity index (χ2n) is 13.2. The van der Waals surface area contributed by atoms with Crippen molar-refractivity contribution in [1.82, 2.24) is 5.32 Å². The van der Waals surface area contributed by atoms with Crippen molar-refractivity contribution in [3.05, 3.63) is 12.2 Å². The molecular formula is C34H70N2O6P+. The molecule has 0 aliphatic rings. The maximum atomic E-state index is 12.7. The van der Waals surface area contributed by atoms with Crippen LogP contribution in [-0.2, 0) is 18.4 Å². The van der Waals surface area contributed by atoms with E-state index in [1.807, 2.05) is 21.1 Å². The second kappa shape index (κ2) is 27.5. The number of nitrogens with one attached hydrogen (secondary N) is 1. The topological polar surface area (TPSA) is 105 Å². The van der Waals surface area contributed by atoms with Gasteiger partial charge in [0.25, 0.3) is 0 Å². The van der Waals surface area contributed by atoms with Crippen LogP contribution in [0.2, 0.25) is 0 Å². The number of phosphoric ester groups is 1. The van der Waals surface area contributed by atoms with E-state index in [2.05, 4.69) is 31.3 Å². The van der Waals surface area contributed by atoms with Gasteiger partial charge in [-0.3, -0.25) is 13.8 Å². The first-order valence-corrected chi connectivity index (χ1v) is 19.0. The summed E-state index contributed by atoms with van der Waals surface area (Å²) in [5.74, 6) is -0.159. The quantitative estimate of drug-likeness (QED) is 0.0306. The standard InChI is InChI=1S/C34H69N2O6P/c1-6-8-10-12-14-16-18-19-21-23-25-27-33(37)32(31-42-43(39,40)41-30-29-36(3,4)5)35-34(38)28-26-24-22-20-17-15-13-11-9-7-2/h18-19,32-33,37H,6-17,20-31H2,1-5H3,(H-,35,38,39,40)/p+1/b19-18+/t32-,33+/m0/s1. The summed E-state index contributed by atoms with van der Waals surface area (Å²) in [5.41, 5.74) is 0. The minimum atomic E-state index is -4.30. The van der Waals surface area contributed by atoms with Crippen molar-refractivity contribution in [3.63, 3.8) is 0 Å². The number of unbranched alkanes of at least 4 members (excludes halogenated alkanes) is 16. The van der Waals surface area contributed by atoms with Gasteiger partial charge in [0.15, 0.2) is 0 Å². The van der Waals surface area contributed by atoms with Gasteiger partial charge >= 0.3 is 7.82 Å². The van der Waals surface area contributed by atoms with Crippen LogP contribution in [-0.4, -0.2) is 73.4 Å². The first-order chi connectivity index (χ1) is 20.5. The fraction of sp³-hybridized carbons (Fsp3) is 0.912. The molecular weight excluding hydrogens is 563 g/mol. The number of nitrogens with zero attached hydrogens (tertiary/aromatic N) is 1. The number of allylic oxidation sites excluding steroid dienone is 2.